The van der Waals surface area contributed by atoms with Gasteiger partial charge in [0, 0.05) is 36.4 Å². The van der Waals surface area contributed by atoms with Crippen LogP contribution in [0, 0.1) is 6.92 Å². The van der Waals surface area contributed by atoms with Crippen LogP contribution in [-0.4, -0.2) is 17.1 Å². The monoisotopic (exact) mass is 374 g/mol. The average molecular weight is 374 g/mol. The van der Waals surface area contributed by atoms with E-state index in [-0.39, 0.29) is 0 Å². The molecule has 0 saturated carbocycles. The van der Waals surface area contributed by atoms with Gasteiger partial charge in [-0.05, 0) is 30.2 Å². The number of nitrogens with zero attached hydrogens (tertiary/aromatic N) is 2. The van der Waals surface area contributed by atoms with Gasteiger partial charge in [0.2, 0.25) is 5.88 Å². The number of rotatable bonds is 5. The summed E-state index contributed by atoms with van der Waals surface area (Å²) in [6, 6.07) is 18.3. The first kappa shape index (κ1) is 17.9. The molecule has 4 aromatic rings. The molecule has 0 aliphatic heterocycles. The fourth-order valence-electron chi connectivity index (χ4n) is 3.03. The number of methoxy groups -OCH3 is 1. The summed E-state index contributed by atoms with van der Waals surface area (Å²) in [5.41, 5.74) is 2.58. The largest absolute Gasteiger partial charge is 0.439 e. The van der Waals surface area contributed by atoms with Crippen LogP contribution < -0.4 is 10.4 Å². The minimum absolute atomic E-state index is 0.297. The highest BCUT2D eigenvalue weighted by atomic mass is 16.5. The third-order valence-corrected chi connectivity index (χ3v) is 4.17. The third kappa shape index (κ3) is 3.77. The lowest BCUT2D eigenvalue weighted by Crippen LogP contribution is -2.01. The van der Waals surface area contributed by atoms with E-state index in [0.29, 0.717) is 29.6 Å². The average Bonchev–Trinajstić information content (AvgIpc) is 2.67. The first-order valence-corrected chi connectivity index (χ1v) is 8.77. The first-order valence-electron chi connectivity index (χ1n) is 8.77. The third-order valence-electron chi connectivity index (χ3n) is 4.17. The number of hydrogen-bond donors (Lipinski definition) is 0. The van der Waals surface area contributed by atoms with Crippen molar-refractivity contribution in [3.05, 3.63) is 82.6 Å². The molecule has 6 heteroatoms. The Kier molecular flexibility index (Phi) is 4.87. The van der Waals surface area contributed by atoms with E-state index < -0.39 is 5.63 Å². The van der Waals surface area contributed by atoms with Crippen LogP contribution in [0.4, 0.5) is 0 Å². The normalized spacial score (nSPS) is 10.9. The summed E-state index contributed by atoms with van der Waals surface area (Å²) < 4.78 is 16.4. The van der Waals surface area contributed by atoms with Gasteiger partial charge in [-0.1, -0.05) is 30.3 Å². The number of fused-ring (bicyclic) bond motifs is 1. The molecule has 140 valence electrons. The summed E-state index contributed by atoms with van der Waals surface area (Å²) in [5, 5.41) is 0.831. The molecule has 0 radical (unpaired) electrons. The van der Waals surface area contributed by atoms with Gasteiger partial charge in [0.1, 0.15) is 17.9 Å². The van der Waals surface area contributed by atoms with Gasteiger partial charge in [0.15, 0.2) is 5.82 Å². The summed E-state index contributed by atoms with van der Waals surface area (Å²) in [5.74, 6) is 1.46. The van der Waals surface area contributed by atoms with Crippen LogP contribution in [0.5, 0.6) is 11.6 Å². The highest BCUT2D eigenvalue weighted by Crippen LogP contribution is 2.31. The van der Waals surface area contributed by atoms with Gasteiger partial charge in [-0.15, -0.1) is 0 Å². The summed E-state index contributed by atoms with van der Waals surface area (Å²) >= 11 is 0. The van der Waals surface area contributed by atoms with Crippen molar-refractivity contribution in [3.63, 3.8) is 0 Å². The Morgan fingerprint density at radius 3 is 2.61 bits per heavy atom. The van der Waals surface area contributed by atoms with Crippen molar-refractivity contribution in [2.24, 2.45) is 0 Å². The lowest BCUT2D eigenvalue weighted by Gasteiger charge is -2.09. The summed E-state index contributed by atoms with van der Waals surface area (Å²) in [4.78, 5) is 20.7. The molecule has 0 aliphatic rings. The van der Waals surface area contributed by atoms with Crippen LogP contribution in [0.3, 0.4) is 0 Å². The van der Waals surface area contributed by atoms with E-state index in [2.05, 4.69) is 9.97 Å². The van der Waals surface area contributed by atoms with Crippen molar-refractivity contribution in [2.75, 3.05) is 7.11 Å². The Hall–Kier alpha value is -3.51. The van der Waals surface area contributed by atoms with Gasteiger partial charge in [-0.25, -0.2) is 9.78 Å². The molecular weight excluding hydrogens is 356 g/mol. The van der Waals surface area contributed by atoms with Crippen molar-refractivity contribution in [1.29, 1.82) is 0 Å². The maximum atomic E-state index is 12.1. The lowest BCUT2D eigenvalue weighted by molar-refractivity contribution is 0.177. The summed E-state index contributed by atoms with van der Waals surface area (Å²) in [6.07, 6.45) is 0. The minimum Gasteiger partial charge on any atom is -0.439 e. The Morgan fingerprint density at radius 1 is 1.00 bits per heavy atom. The molecule has 0 N–H and O–H groups in total. The highest BCUT2D eigenvalue weighted by Gasteiger charge is 2.10. The van der Waals surface area contributed by atoms with Gasteiger partial charge in [-0.3, -0.25) is 0 Å². The van der Waals surface area contributed by atoms with Crippen LogP contribution in [0.2, 0.25) is 0 Å². The Labute approximate surface area is 161 Å². The van der Waals surface area contributed by atoms with Gasteiger partial charge in [0.05, 0.1) is 0 Å². The number of aromatic nitrogens is 2. The van der Waals surface area contributed by atoms with Gasteiger partial charge >= 0.3 is 5.63 Å². The Bertz CT molecular complexity index is 1190. The van der Waals surface area contributed by atoms with Crippen LogP contribution >= 0.6 is 0 Å². The van der Waals surface area contributed by atoms with Crippen molar-refractivity contribution < 1.29 is 13.9 Å². The second kappa shape index (κ2) is 7.62. The smallest absolute Gasteiger partial charge is 0.336 e. The summed E-state index contributed by atoms with van der Waals surface area (Å²) in [6.45, 7) is 2.16. The zero-order chi connectivity index (χ0) is 19.5. The molecule has 0 amide bonds. The lowest BCUT2D eigenvalue weighted by atomic mass is 10.0. The first-order chi connectivity index (χ1) is 13.6. The highest BCUT2D eigenvalue weighted by molar-refractivity contribution is 5.93. The van der Waals surface area contributed by atoms with Crippen LogP contribution in [-0.2, 0) is 11.3 Å². The van der Waals surface area contributed by atoms with Crippen molar-refractivity contribution in [1.82, 2.24) is 9.97 Å². The van der Waals surface area contributed by atoms with Crippen LogP contribution in [0.1, 0.15) is 11.5 Å². The maximum absolute atomic E-state index is 12.1. The second-order valence-electron chi connectivity index (χ2n) is 6.30. The summed E-state index contributed by atoms with van der Waals surface area (Å²) in [7, 11) is 1.59. The van der Waals surface area contributed by atoms with E-state index in [0.717, 1.165) is 22.2 Å². The molecule has 0 bridgehead atoms. The van der Waals surface area contributed by atoms with Crippen molar-refractivity contribution >= 4 is 11.0 Å². The van der Waals surface area contributed by atoms with E-state index in [9.17, 15) is 4.79 Å². The second-order valence-corrected chi connectivity index (χ2v) is 6.30. The molecule has 4 rings (SSSR count). The predicted molar refractivity (Wildman–Crippen MR) is 105 cm³/mol. The topological polar surface area (TPSA) is 74.5 Å². The van der Waals surface area contributed by atoms with E-state index in [1.165, 1.54) is 6.07 Å². The molecule has 0 saturated heterocycles. The van der Waals surface area contributed by atoms with E-state index >= 15 is 0 Å². The number of hydrogen-bond acceptors (Lipinski definition) is 6. The molecule has 6 nitrogen and oxygen atoms in total. The molecule has 0 fully saturated rings. The quantitative estimate of drug-likeness (QED) is 0.479. The van der Waals surface area contributed by atoms with Gasteiger partial charge in [-0.2, -0.15) is 4.98 Å². The van der Waals surface area contributed by atoms with E-state index in [4.69, 9.17) is 13.9 Å². The van der Waals surface area contributed by atoms with Gasteiger partial charge in [0.25, 0.3) is 0 Å². The molecule has 2 aromatic heterocycles. The van der Waals surface area contributed by atoms with E-state index in [1.54, 1.807) is 19.2 Å². The predicted octanol–water partition coefficient (Wildman–Crippen LogP) is 4.50. The molecule has 28 heavy (non-hydrogen) atoms. The maximum Gasteiger partial charge on any atom is 0.336 e. The van der Waals surface area contributed by atoms with Crippen LogP contribution in [0.25, 0.3) is 22.1 Å². The Morgan fingerprint density at radius 2 is 1.82 bits per heavy atom. The van der Waals surface area contributed by atoms with Crippen molar-refractivity contribution in [3.8, 4) is 22.8 Å². The molecule has 0 aliphatic carbocycles. The number of aryl methyl sites for hydroxylation is 1. The van der Waals surface area contributed by atoms with Gasteiger partial charge < -0.3 is 13.9 Å². The van der Waals surface area contributed by atoms with Crippen LogP contribution in [0.15, 0.2) is 69.9 Å². The minimum atomic E-state index is -0.413. The van der Waals surface area contributed by atoms with Crippen molar-refractivity contribution in [2.45, 2.75) is 13.5 Å². The fourth-order valence-corrected chi connectivity index (χ4v) is 3.03. The standard InChI is InChI=1S/C22H18N2O4/c1-14-10-21(24-20(23-14)13-26-2)27-16-8-9-17-18(15-6-4-3-5-7-15)12-22(25)28-19(17)11-16/h3-12H,13H2,1-2H3. The Balaban J connectivity index is 1.74. The zero-order valence-electron chi connectivity index (χ0n) is 15.5. The molecular formula is C22H18N2O4. The molecule has 0 spiro atoms. The molecule has 2 aromatic carbocycles. The molecule has 0 atom stereocenters. The fraction of sp³-hybridized carbons (Fsp3) is 0.136. The number of benzene rings is 2. The molecule has 2 heterocycles. The molecule has 0 unspecified atom stereocenters. The number of ether oxygens (including phenoxy) is 2. The van der Waals surface area contributed by atoms with E-state index in [1.807, 2.05) is 49.4 Å². The SMILES string of the molecule is COCc1nc(C)cc(Oc2ccc3c(-c4ccccc4)cc(=O)oc3c2)n1. The zero-order valence-corrected chi connectivity index (χ0v) is 15.5.